The summed E-state index contributed by atoms with van der Waals surface area (Å²) in [6, 6.07) is 0. The summed E-state index contributed by atoms with van der Waals surface area (Å²) in [7, 11) is 6.68. The number of likely N-dealkylation sites (N-methyl/N-ethyl adjacent to an activating group) is 2. The minimum Gasteiger partial charge on any atom is -0.304 e. The van der Waals surface area contributed by atoms with Crippen molar-refractivity contribution >= 4 is 12.6 Å². The Bertz CT molecular complexity index is 222. The zero-order valence-electron chi connectivity index (χ0n) is 11.6. The summed E-state index contributed by atoms with van der Waals surface area (Å²) >= 11 is 4.43. The second-order valence-corrected chi connectivity index (χ2v) is 6.78. The van der Waals surface area contributed by atoms with Gasteiger partial charge in [-0.3, -0.25) is 0 Å². The molecule has 0 saturated heterocycles. The summed E-state index contributed by atoms with van der Waals surface area (Å²) in [6.45, 7) is 6.91. The van der Waals surface area contributed by atoms with Crippen LogP contribution < -0.4 is 0 Å². The van der Waals surface area contributed by atoms with Crippen molar-refractivity contribution in [2.75, 3.05) is 40.0 Å². The standard InChI is InChI=1S/C13H28N2S/c1-12(2,11-16)9-15(5)10-13(14(3)4)7-6-8-13/h16H,6-11H2,1-5H3. The molecule has 1 fully saturated rings. The van der Waals surface area contributed by atoms with Crippen molar-refractivity contribution in [2.24, 2.45) is 5.41 Å². The Morgan fingerprint density at radius 1 is 1.19 bits per heavy atom. The van der Waals surface area contributed by atoms with Crippen LogP contribution in [-0.4, -0.2) is 55.3 Å². The van der Waals surface area contributed by atoms with Crippen molar-refractivity contribution in [1.29, 1.82) is 0 Å². The monoisotopic (exact) mass is 244 g/mol. The van der Waals surface area contributed by atoms with Crippen LogP contribution in [0.2, 0.25) is 0 Å². The van der Waals surface area contributed by atoms with Crippen molar-refractivity contribution in [3.8, 4) is 0 Å². The van der Waals surface area contributed by atoms with E-state index >= 15 is 0 Å². The van der Waals surface area contributed by atoms with E-state index in [0.29, 0.717) is 11.0 Å². The molecule has 96 valence electrons. The Labute approximate surface area is 107 Å². The molecular formula is C13H28N2S. The molecule has 0 radical (unpaired) electrons. The molecule has 2 nitrogen and oxygen atoms in total. The van der Waals surface area contributed by atoms with E-state index < -0.39 is 0 Å². The average molecular weight is 244 g/mol. The van der Waals surface area contributed by atoms with Crippen molar-refractivity contribution < 1.29 is 0 Å². The van der Waals surface area contributed by atoms with Crippen LogP contribution in [0.15, 0.2) is 0 Å². The third-order valence-electron chi connectivity index (χ3n) is 3.92. The summed E-state index contributed by atoms with van der Waals surface area (Å²) in [6.07, 6.45) is 4.10. The minimum atomic E-state index is 0.315. The van der Waals surface area contributed by atoms with Crippen LogP contribution in [0.1, 0.15) is 33.1 Å². The van der Waals surface area contributed by atoms with Gasteiger partial charge in [0.15, 0.2) is 0 Å². The molecule has 0 spiro atoms. The summed E-state index contributed by atoms with van der Waals surface area (Å²) in [5.41, 5.74) is 0.760. The molecule has 0 aliphatic heterocycles. The van der Waals surface area contributed by atoms with Gasteiger partial charge in [0.1, 0.15) is 0 Å². The molecule has 0 atom stereocenters. The molecule has 1 saturated carbocycles. The van der Waals surface area contributed by atoms with Crippen LogP contribution in [0.25, 0.3) is 0 Å². The second kappa shape index (κ2) is 5.28. The number of nitrogens with zero attached hydrogens (tertiary/aromatic N) is 2. The zero-order chi connectivity index (χ0) is 12.4. The van der Waals surface area contributed by atoms with Crippen LogP contribution in [0.3, 0.4) is 0 Å². The van der Waals surface area contributed by atoms with E-state index in [0.717, 1.165) is 12.3 Å². The van der Waals surface area contributed by atoms with E-state index in [-0.39, 0.29) is 0 Å². The Morgan fingerprint density at radius 3 is 2.06 bits per heavy atom. The van der Waals surface area contributed by atoms with Gasteiger partial charge in [0.05, 0.1) is 0 Å². The molecule has 0 heterocycles. The molecule has 1 aliphatic carbocycles. The summed E-state index contributed by atoms with van der Waals surface area (Å²) in [4.78, 5) is 4.90. The normalized spacial score (nSPS) is 20.2. The second-order valence-electron chi connectivity index (χ2n) is 6.47. The largest absolute Gasteiger partial charge is 0.304 e. The molecule has 0 unspecified atom stereocenters. The molecule has 0 aromatic carbocycles. The summed E-state index contributed by atoms with van der Waals surface area (Å²) in [5, 5.41) is 0. The Hall–Kier alpha value is 0.270. The minimum absolute atomic E-state index is 0.315. The summed E-state index contributed by atoms with van der Waals surface area (Å²) in [5.74, 6) is 0.951. The molecule has 1 rings (SSSR count). The van der Waals surface area contributed by atoms with Crippen molar-refractivity contribution in [1.82, 2.24) is 9.80 Å². The van der Waals surface area contributed by atoms with E-state index in [4.69, 9.17) is 0 Å². The van der Waals surface area contributed by atoms with Gasteiger partial charge in [0, 0.05) is 18.6 Å². The van der Waals surface area contributed by atoms with Gasteiger partial charge in [-0.1, -0.05) is 13.8 Å². The Kier molecular flexibility index (Phi) is 4.73. The first-order valence-corrected chi connectivity index (χ1v) is 6.91. The van der Waals surface area contributed by atoms with Crippen LogP contribution >= 0.6 is 12.6 Å². The molecule has 0 aromatic rings. The third-order valence-corrected chi connectivity index (χ3v) is 4.78. The maximum absolute atomic E-state index is 4.43. The fourth-order valence-corrected chi connectivity index (χ4v) is 2.77. The molecule has 0 aromatic heterocycles. The van der Waals surface area contributed by atoms with E-state index in [1.54, 1.807) is 0 Å². The Balaban J connectivity index is 2.47. The van der Waals surface area contributed by atoms with Gasteiger partial charge < -0.3 is 9.80 Å². The topological polar surface area (TPSA) is 6.48 Å². The van der Waals surface area contributed by atoms with Crippen molar-refractivity contribution in [3.63, 3.8) is 0 Å². The zero-order valence-corrected chi connectivity index (χ0v) is 12.5. The molecule has 1 aliphatic rings. The first-order valence-electron chi connectivity index (χ1n) is 6.28. The predicted octanol–water partition coefficient (Wildman–Crippen LogP) is 2.36. The van der Waals surface area contributed by atoms with Crippen LogP contribution in [-0.2, 0) is 0 Å². The maximum Gasteiger partial charge on any atom is 0.0330 e. The number of hydrogen-bond donors (Lipinski definition) is 1. The van der Waals surface area contributed by atoms with Gasteiger partial charge in [-0.2, -0.15) is 12.6 Å². The molecule has 0 bridgehead atoms. The Morgan fingerprint density at radius 2 is 1.75 bits per heavy atom. The number of rotatable bonds is 6. The third kappa shape index (κ3) is 3.38. The lowest BCUT2D eigenvalue weighted by atomic mass is 9.75. The SMILES string of the molecule is CN(CC(C)(C)CS)CC1(N(C)C)CCC1. The lowest BCUT2D eigenvalue weighted by Gasteiger charge is -2.50. The van der Waals surface area contributed by atoms with Crippen molar-refractivity contribution in [2.45, 2.75) is 38.6 Å². The molecule has 3 heteroatoms. The highest BCUT2D eigenvalue weighted by Crippen LogP contribution is 2.37. The maximum atomic E-state index is 4.43. The van der Waals surface area contributed by atoms with Gasteiger partial charge in [-0.05, 0) is 51.6 Å². The van der Waals surface area contributed by atoms with E-state index in [9.17, 15) is 0 Å². The number of thiol groups is 1. The predicted molar refractivity (Wildman–Crippen MR) is 75.4 cm³/mol. The van der Waals surface area contributed by atoms with Crippen LogP contribution in [0.5, 0.6) is 0 Å². The smallest absolute Gasteiger partial charge is 0.0330 e. The first-order chi connectivity index (χ1) is 7.31. The first kappa shape index (κ1) is 14.3. The fraction of sp³-hybridized carbons (Fsp3) is 1.00. The highest BCUT2D eigenvalue weighted by molar-refractivity contribution is 7.80. The molecule has 0 amide bonds. The average Bonchev–Trinajstić information content (AvgIpc) is 2.10. The fourth-order valence-electron chi connectivity index (χ4n) is 2.67. The van der Waals surface area contributed by atoms with Gasteiger partial charge in [0.2, 0.25) is 0 Å². The number of hydrogen-bond acceptors (Lipinski definition) is 3. The van der Waals surface area contributed by atoms with E-state index in [1.165, 1.54) is 25.8 Å². The van der Waals surface area contributed by atoms with Crippen LogP contribution in [0.4, 0.5) is 0 Å². The lowest BCUT2D eigenvalue weighted by Crippen LogP contribution is -2.57. The van der Waals surface area contributed by atoms with Gasteiger partial charge in [0.25, 0.3) is 0 Å². The van der Waals surface area contributed by atoms with Gasteiger partial charge >= 0.3 is 0 Å². The summed E-state index contributed by atoms with van der Waals surface area (Å²) < 4.78 is 0. The van der Waals surface area contributed by atoms with Crippen molar-refractivity contribution in [3.05, 3.63) is 0 Å². The van der Waals surface area contributed by atoms with Gasteiger partial charge in [-0.15, -0.1) is 0 Å². The molecular weight excluding hydrogens is 216 g/mol. The highest BCUT2D eigenvalue weighted by Gasteiger charge is 2.40. The van der Waals surface area contributed by atoms with E-state index in [2.05, 4.69) is 57.4 Å². The van der Waals surface area contributed by atoms with Crippen LogP contribution in [0, 0.1) is 5.41 Å². The molecule has 16 heavy (non-hydrogen) atoms. The molecule has 0 N–H and O–H groups in total. The quantitative estimate of drug-likeness (QED) is 0.717. The highest BCUT2D eigenvalue weighted by atomic mass is 32.1. The lowest BCUT2D eigenvalue weighted by molar-refractivity contribution is 0.0205. The van der Waals surface area contributed by atoms with Gasteiger partial charge in [-0.25, -0.2) is 0 Å². The van der Waals surface area contributed by atoms with E-state index in [1.807, 2.05) is 0 Å².